The Balaban J connectivity index is 5.26. The quantitative estimate of drug-likeness (QED) is 0.0222. The Labute approximate surface area is 530 Å². The molecule has 0 radical (unpaired) electrons. The Bertz CT molecular complexity index is 1730. The number of hydrogen-bond donors (Lipinski definition) is 3. The van der Waals surface area contributed by atoms with E-state index in [0.717, 1.165) is 120 Å². The van der Waals surface area contributed by atoms with Gasteiger partial charge in [0.15, 0.2) is 12.2 Å². The van der Waals surface area contributed by atoms with E-state index in [2.05, 4.69) is 55.4 Å². The summed E-state index contributed by atoms with van der Waals surface area (Å²) in [5.41, 5.74) is 0. The Morgan fingerprint density at radius 3 is 0.816 bits per heavy atom. The molecule has 0 spiro atoms. The van der Waals surface area contributed by atoms with E-state index in [4.69, 9.17) is 37.0 Å². The summed E-state index contributed by atoms with van der Waals surface area (Å²) < 4.78 is 68.2. The molecule has 0 aliphatic heterocycles. The molecular formula is C68H132O17P2. The molecule has 0 saturated carbocycles. The first kappa shape index (κ1) is 85.1. The fourth-order valence-electron chi connectivity index (χ4n) is 10.1. The van der Waals surface area contributed by atoms with E-state index < -0.39 is 97.5 Å². The van der Waals surface area contributed by atoms with Crippen molar-refractivity contribution < 1.29 is 80.2 Å². The average Bonchev–Trinajstić information content (AvgIpc) is 3.69. The van der Waals surface area contributed by atoms with Gasteiger partial charge < -0.3 is 33.8 Å². The summed E-state index contributed by atoms with van der Waals surface area (Å²) in [6.45, 7) is 14.0. The first-order valence-electron chi connectivity index (χ1n) is 35.3. The summed E-state index contributed by atoms with van der Waals surface area (Å²) in [4.78, 5) is 72.4. The van der Waals surface area contributed by atoms with Crippen LogP contribution in [0.3, 0.4) is 0 Å². The number of hydrogen-bond acceptors (Lipinski definition) is 15. The molecule has 0 aromatic carbocycles. The fourth-order valence-corrected chi connectivity index (χ4v) is 11.7. The molecule has 0 amide bonds. The van der Waals surface area contributed by atoms with Gasteiger partial charge in [-0.25, -0.2) is 9.13 Å². The lowest BCUT2D eigenvalue weighted by Crippen LogP contribution is -2.30. The van der Waals surface area contributed by atoms with Crippen molar-refractivity contribution in [2.45, 2.75) is 350 Å². The number of unbranched alkanes of at least 4 members (excludes halogenated alkanes) is 29. The molecule has 0 aliphatic carbocycles. The molecule has 0 rings (SSSR count). The highest BCUT2D eigenvalue weighted by atomic mass is 31.2. The second kappa shape index (κ2) is 57.9. The molecule has 0 heterocycles. The molecule has 0 aliphatic rings. The number of carbonyl (C=O) groups is 4. The van der Waals surface area contributed by atoms with Crippen molar-refractivity contribution in [2.75, 3.05) is 39.6 Å². The number of aliphatic hydroxyl groups excluding tert-OH is 1. The van der Waals surface area contributed by atoms with Gasteiger partial charge in [-0.05, 0) is 49.4 Å². The van der Waals surface area contributed by atoms with E-state index in [9.17, 15) is 43.2 Å². The van der Waals surface area contributed by atoms with E-state index in [1.165, 1.54) is 128 Å². The van der Waals surface area contributed by atoms with Gasteiger partial charge in [0, 0.05) is 25.7 Å². The van der Waals surface area contributed by atoms with E-state index >= 15 is 0 Å². The molecule has 516 valence electrons. The smallest absolute Gasteiger partial charge is 0.462 e. The van der Waals surface area contributed by atoms with Gasteiger partial charge in [0.2, 0.25) is 0 Å². The summed E-state index contributed by atoms with van der Waals surface area (Å²) in [6.07, 6.45) is 38.9. The highest BCUT2D eigenvalue weighted by Crippen LogP contribution is 2.45. The molecule has 0 aromatic rings. The third-order valence-corrected chi connectivity index (χ3v) is 18.2. The molecule has 87 heavy (non-hydrogen) atoms. The van der Waals surface area contributed by atoms with Crippen molar-refractivity contribution in [1.82, 2.24) is 0 Å². The van der Waals surface area contributed by atoms with Gasteiger partial charge in [-0.3, -0.25) is 37.3 Å². The van der Waals surface area contributed by atoms with Crippen LogP contribution in [-0.2, 0) is 65.4 Å². The van der Waals surface area contributed by atoms with Crippen LogP contribution in [0.15, 0.2) is 0 Å². The highest BCUT2D eigenvalue weighted by Gasteiger charge is 2.30. The van der Waals surface area contributed by atoms with Crippen molar-refractivity contribution in [3.05, 3.63) is 0 Å². The molecule has 0 saturated heterocycles. The third-order valence-electron chi connectivity index (χ3n) is 16.3. The lowest BCUT2D eigenvalue weighted by atomic mass is 9.99. The molecule has 0 fully saturated rings. The summed E-state index contributed by atoms with van der Waals surface area (Å²) in [6, 6.07) is 0. The molecule has 4 unspecified atom stereocenters. The Morgan fingerprint density at radius 1 is 0.322 bits per heavy atom. The van der Waals surface area contributed by atoms with Gasteiger partial charge in [0.1, 0.15) is 19.3 Å². The van der Waals surface area contributed by atoms with Gasteiger partial charge in [-0.2, -0.15) is 0 Å². The SMILES string of the molecule is CCC(C)CCCCCCCCCCC(=O)O[C@H](COC(=O)CCCCCCCCC(C)CC)COP(=O)(O)OC[C@H](O)COP(=O)(O)OC[C@@H](COC(=O)CCCCCCCCCCCCCC(C)C)OC(=O)CCCCCCCCCCC(C)C. The maximum atomic E-state index is 13.0. The summed E-state index contributed by atoms with van der Waals surface area (Å²) in [5.74, 6) is 0.854. The molecule has 0 bridgehead atoms. The van der Waals surface area contributed by atoms with Gasteiger partial charge in [0.25, 0.3) is 0 Å². The minimum atomic E-state index is -4.95. The maximum absolute atomic E-state index is 13.0. The number of phosphoric ester groups is 2. The maximum Gasteiger partial charge on any atom is 0.472 e. The average molecular weight is 1280 g/mol. The Hall–Kier alpha value is -1.94. The van der Waals surface area contributed by atoms with Crippen molar-refractivity contribution >= 4 is 39.5 Å². The Morgan fingerprint density at radius 2 is 0.552 bits per heavy atom. The van der Waals surface area contributed by atoms with Gasteiger partial charge in [0.05, 0.1) is 26.4 Å². The molecule has 17 nitrogen and oxygen atoms in total. The number of ether oxygens (including phenoxy) is 4. The summed E-state index contributed by atoms with van der Waals surface area (Å²) in [7, 11) is -9.90. The van der Waals surface area contributed by atoms with Gasteiger partial charge >= 0.3 is 39.5 Å². The van der Waals surface area contributed by atoms with Crippen molar-refractivity contribution in [3.63, 3.8) is 0 Å². The van der Waals surface area contributed by atoms with Crippen molar-refractivity contribution in [1.29, 1.82) is 0 Å². The van der Waals surface area contributed by atoms with E-state index in [0.29, 0.717) is 25.7 Å². The third kappa shape index (κ3) is 60.1. The number of phosphoric acid groups is 2. The number of aliphatic hydroxyl groups is 1. The zero-order chi connectivity index (χ0) is 64.7. The van der Waals surface area contributed by atoms with Crippen LogP contribution in [0.1, 0.15) is 331 Å². The van der Waals surface area contributed by atoms with Crippen LogP contribution >= 0.6 is 15.6 Å². The van der Waals surface area contributed by atoms with Crippen LogP contribution in [-0.4, -0.2) is 96.7 Å². The van der Waals surface area contributed by atoms with Gasteiger partial charge in [-0.1, -0.05) is 280 Å². The molecule has 19 heteroatoms. The number of carbonyl (C=O) groups excluding carboxylic acids is 4. The van der Waals surface area contributed by atoms with Crippen LogP contribution in [0, 0.1) is 23.7 Å². The standard InChI is InChI=1S/C68H132O17P2/c1-9-60(7)46-38-30-22-17-19-25-35-43-51-68(73)85-64(55-79-66(71)49-41-33-27-26-31-39-47-61(8)10-2)57-83-87(76,77)81-53-62(69)52-80-86(74,75)82-56-63(84-67(72)50-42-34-24-18-16-21-29-37-45-59(5)6)54-78-65(70)48-40-32-23-15-13-11-12-14-20-28-36-44-58(3)4/h58-64,69H,9-57H2,1-8H3,(H,74,75)(H,76,77)/t60?,61?,62-,63-,64-/m1/s1. The Kier molecular flexibility index (Phi) is 56.6. The minimum Gasteiger partial charge on any atom is -0.462 e. The highest BCUT2D eigenvalue weighted by molar-refractivity contribution is 7.47. The lowest BCUT2D eigenvalue weighted by Gasteiger charge is -2.21. The van der Waals surface area contributed by atoms with E-state index in [-0.39, 0.29) is 25.7 Å². The van der Waals surface area contributed by atoms with Crippen LogP contribution in [0.4, 0.5) is 0 Å². The number of rotatable bonds is 65. The second-order valence-corrected chi connectivity index (χ2v) is 28.9. The van der Waals surface area contributed by atoms with Crippen molar-refractivity contribution in [3.8, 4) is 0 Å². The predicted molar refractivity (Wildman–Crippen MR) is 349 cm³/mol. The van der Waals surface area contributed by atoms with Crippen LogP contribution < -0.4 is 0 Å². The zero-order valence-electron chi connectivity index (χ0n) is 56.6. The molecule has 7 atom stereocenters. The largest absolute Gasteiger partial charge is 0.472 e. The van der Waals surface area contributed by atoms with E-state index in [1.54, 1.807) is 0 Å². The second-order valence-electron chi connectivity index (χ2n) is 26.0. The first-order valence-corrected chi connectivity index (χ1v) is 38.3. The minimum absolute atomic E-state index is 0.103. The normalized spacial score (nSPS) is 15.0. The monoisotopic (exact) mass is 1280 g/mol. The van der Waals surface area contributed by atoms with Crippen LogP contribution in [0.5, 0.6) is 0 Å². The van der Waals surface area contributed by atoms with Crippen LogP contribution in [0.2, 0.25) is 0 Å². The predicted octanol–water partition coefficient (Wildman–Crippen LogP) is 18.9. The molecule has 0 aromatic heterocycles. The summed E-state index contributed by atoms with van der Waals surface area (Å²) in [5, 5.41) is 10.6. The van der Waals surface area contributed by atoms with Crippen molar-refractivity contribution in [2.24, 2.45) is 23.7 Å². The van der Waals surface area contributed by atoms with E-state index in [1.807, 2.05) is 0 Å². The lowest BCUT2D eigenvalue weighted by molar-refractivity contribution is -0.161. The number of esters is 4. The first-order chi connectivity index (χ1) is 41.7. The van der Waals surface area contributed by atoms with Gasteiger partial charge in [-0.15, -0.1) is 0 Å². The molecular weight excluding hydrogens is 1150 g/mol. The fraction of sp³-hybridized carbons (Fsp3) is 0.941. The van der Waals surface area contributed by atoms with Crippen LogP contribution in [0.25, 0.3) is 0 Å². The topological polar surface area (TPSA) is 237 Å². The summed E-state index contributed by atoms with van der Waals surface area (Å²) >= 11 is 0. The zero-order valence-corrected chi connectivity index (χ0v) is 58.4. The molecule has 3 N–H and O–H groups in total.